The molecule has 21 heavy (non-hydrogen) atoms. The van der Waals surface area contributed by atoms with E-state index in [1.165, 1.54) is 0 Å². The van der Waals surface area contributed by atoms with E-state index < -0.39 is 0 Å². The van der Waals surface area contributed by atoms with Gasteiger partial charge in [0.2, 0.25) is 0 Å². The molecule has 0 aliphatic heterocycles. The fourth-order valence-electron chi connectivity index (χ4n) is 2.42. The van der Waals surface area contributed by atoms with E-state index in [0.29, 0.717) is 5.69 Å². The van der Waals surface area contributed by atoms with Gasteiger partial charge < -0.3 is 10.2 Å². The SMILES string of the molecule is CCCNc1cc(CN(C)CC(C)(C)C)ccc1[N+](=O)[O-]. The third-order valence-electron chi connectivity index (χ3n) is 3.02. The molecule has 0 aromatic heterocycles. The molecule has 0 saturated heterocycles. The first-order valence-corrected chi connectivity index (χ1v) is 7.42. The predicted octanol–water partition coefficient (Wildman–Crippen LogP) is 3.89. The molecule has 1 rings (SSSR count). The van der Waals surface area contributed by atoms with Crippen molar-refractivity contribution in [3.8, 4) is 0 Å². The molecule has 0 aliphatic rings. The van der Waals surface area contributed by atoms with Crippen LogP contribution < -0.4 is 5.32 Å². The molecule has 0 heterocycles. The molecule has 0 amide bonds. The predicted molar refractivity (Wildman–Crippen MR) is 87.7 cm³/mol. The van der Waals surface area contributed by atoms with Crippen molar-refractivity contribution in [3.63, 3.8) is 0 Å². The number of rotatable bonds is 7. The lowest BCUT2D eigenvalue weighted by Crippen LogP contribution is -2.28. The second-order valence-corrected chi connectivity index (χ2v) is 6.77. The van der Waals surface area contributed by atoms with Gasteiger partial charge >= 0.3 is 0 Å². The molecule has 0 radical (unpaired) electrons. The number of anilines is 1. The van der Waals surface area contributed by atoms with Crippen LogP contribution in [0.3, 0.4) is 0 Å². The van der Waals surface area contributed by atoms with E-state index in [1.807, 2.05) is 19.1 Å². The topological polar surface area (TPSA) is 58.4 Å². The normalized spacial score (nSPS) is 11.7. The average Bonchev–Trinajstić information content (AvgIpc) is 2.33. The summed E-state index contributed by atoms with van der Waals surface area (Å²) in [5.41, 5.74) is 2.08. The smallest absolute Gasteiger partial charge is 0.292 e. The Morgan fingerprint density at radius 1 is 1.33 bits per heavy atom. The lowest BCUT2D eigenvalue weighted by Gasteiger charge is -2.26. The molecular formula is C16H27N3O2. The van der Waals surface area contributed by atoms with Crippen LogP contribution in [0.4, 0.5) is 11.4 Å². The molecule has 0 unspecified atom stereocenters. The monoisotopic (exact) mass is 293 g/mol. The summed E-state index contributed by atoms with van der Waals surface area (Å²) in [5, 5.41) is 14.2. The van der Waals surface area contributed by atoms with Gasteiger partial charge in [-0.1, -0.05) is 33.8 Å². The van der Waals surface area contributed by atoms with Gasteiger partial charge in [0.15, 0.2) is 0 Å². The molecule has 5 heteroatoms. The van der Waals surface area contributed by atoms with E-state index in [-0.39, 0.29) is 16.0 Å². The van der Waals surface area contributed by atoms with Crippen LogP contribution in [0.2, 0.25) is 0 Å². The largest absolute Gasteiger partial charge is 0.379 e. The van der Waals surface area contributed by atoms with Crippen molar-refractivity contribution in [1.82, 2.24) is 4.90 Å². The van der Waals surface area contributed by atoms with Crippen molar-refractivity contribution in [1.29, 1.82) is 0 Å². The van der Waals surface area contributed by atoms with Gasteiger partial charge in [0.1, 0.15) is 5.69 Å². The van der Waals surface area contributed by atoms with Gasteiger partial charge in [-0.05, 0) is 30.5 Å². The van der Waals surface area contributed by atoms with Crippen molar-refractivity contribution in [2.75, 3.05) is 25.5 Å². The van der Waals surface area contributed by atoms with E-state index >= 15 is 0 Å². The molecule has 5 nitrogen and oxygen atoms in total. The number of hydrogen-bond donors (Lipinski definition) is 1. The molecule has 0 aliphatic carbocycles. The summed E-state index contributed by atoms with van der Waals surface area (Å²) in [6.07, 6.45) is 0.936. The Bertz CT molecular complexity index is 481. The number of hydrogen-bond acceptors (Lipinski definition) is 4. The van der Waals surface area contributed by atoms with E-state index in [2.05, 4.69) is 38.0 Å². The van der Waals surface area contributed by atoms with Crippen molar-refractivity contribution in [2.45, 2.75) is 40.7 Å². The zero-order valence-electron chi connectivity index (χ0n) is 13.8. The summed E-state index contributed by atoms with van der Waals surface area (Å²) >= 11 is 0. The second kappa shape index (κ2) is 7.41. The zero-order chi connectivity index (χ0) is 16.0. The fraction of sp³-hybridized carbons (Fsp3) is 0.625. The van der Waals surface area contributed by atoms with E-state index in [1.54, 1.807) is 6.07 Å². The molecule has 0 fully saturated rings. The first kappa shape index (κ1) is 17.4. The summed E-state index contributed by atoms with van der Waals surface area (Å²) in [4.78, 5) is 13.0. The van der Waals surface area contributed by atoms with Crippen LogP contribution in [0.5, 0.6) is 0 Å². The average molecular weight is 293 g/mol. The highest BCUT2D eigenvalue weighted by molar-refractivity contribution is 5.62. The summed E-state index contributed by atoms with van der Waals surface area (Å²) in [6, 6.07) is 5.33. The van der Waals surface area contributed by atoms with Crippen molar-refractivity contribution in [2.24, 2.45) is 5.41 Å². The van der Waals surface area contributed by atoms with Gasteiger partial charge in [-0.25, -0.2) is 0 Å². The molecule has 1 aromatic rings. The summed E-state index contributed by atoms with van der Waals surface area (Å²) < 4.78 is 0. The number of nitro benzene ring substituents is 1. The molecule has 1 N–H and O–H groups in total. The lowest BCUT2D eigenvalue weighted by atomic mass is 9.96. The van der Waals surface area contributed by atoms with Crippen LogP contribution in [0.1, 0.15) is 39.7 Å². The van der Waals surface area contributed by atoms with Crippen LogP contribution in [-0.4, -0.2) is 30.0 Å². The molecular weight excluding hydrogens is 266 g/mol. The Balaban J connectivity index is 2.86. The highest BCUT2D eigenvalue weighted by Crippen LogP contribution is 2.26. The fourth-order valence-corrected chi connectivity index (χ4v) is 2.42. The number of nitrogens with zero attached hydrogens (tertiary/aromatic N) is 2. The van der Waals surface area contributed by atoms with Gasteiger partial charge in [0, 0.05) is 25.7 Å². The third kappa shape index (κ3) is 6.12. The highest BCUT2D eigenvalue weighted by atomic mass is 16.6. The Hall–Kier alpha value is -1.62. The second-order valence-electron chi connectivity index (χ2n) is 6.77. The van der Waals surface area contributed by atoms with Crippen LogP contribution in [0.25, 0.3) is 0 Å². The van der Waals surface area contributed by atoms with E-state index in [0.717, 1.165) is 31.6 Å². The lowest BCUT2D eigenvalue weighted by molar-refractivity contribution is -0.384. The molecule has 0 atom stereocenters. The molecule has 0 bridgehead atoms. The van der Waals surface area contributed by atoms with Crippen LogP contribution in [0.15, 0.2) is 18.2 Å². The molecule has 0 saturated carbocycles. The Morgan fingerprint density at radius 2 is 2.00 bits per heavy atom. The van der Waals surface area contributed by atoms with E-state index in [4.69, 9.17) is 0 Å². The minimum absolute atomic E-state index is 0.144. The van der Waals surface area contributed by atoms with Crippen molar-refractivity contribution >= 4 is 11.4 Å². The quantitative estimate of drug-likeness (QED) is 0.612. The molecule has 118 valence electrons. The van der Waals surface area contributed by atoms with Crippen LogP contribution in [0, 0.1) is 15.5 Å². The highest BCUT2D eigenvalue weighted by Gasteiger charge is 2.16. The first-order chi connectivity index (χ1) is 9.73. The summed E-state index contributed by atoms with van der Waals surface area (Å²) in [5.74, 6) is 0. The molecule has 1 aromatic carbocycles. The maximum Gasteiger partial charge on any atom is 0.292 e. The number of benzene rings is 1. The minimum atomic E-state index is -0.333. The van der Waals surface area contributed by atoms with Gasteiger partial charge in [-0.3, -0.25) is 10.1 Å². The number of nitro groups is 1. The Morgan fingerprint density at radius 3 is 2.52 bits per heavy atom. The third-order valence-corrected chi connectivity index (χ3v) is 3.02. The Labute approximate surface area is 127 Å². The van der Waals surface area contributed by atoms with Gasteiger partial charge in [0.25, 0.3) is 5.69 Å². The maximum absolute atomic E-state index is 11.1. The summed E-state index contributed by atoms with van der Waals surface area (Å²) in [6.45, 7) is 11.1. The van der Waals surface area contributed by atoms with Gasteiger partial charge in [-0.2, -0.15) is 0 Å². The van der Waals surface area contributed by atoms with Gasteiger partial charge in [0.05, 0.1) is 4.92 Å². The minimum Gasteiger partial charge on any atom is -0.379 e. The molecule has 0 spiro atoms. The standard InChI is InChI=1S/C16H27N3O2/c1-6-9-17-14-10-13(7-8-15(14)19(20)21)11-18(5)12-16(2,3)4/h7-8,10,17H,6,9,11-12H2,1-5H3. The van der Waals surface area contributed by atoms with E-state index in [9.17, 15) is 10.1 Å². The Kier molecular flexibility index (Phi) is 6.15. The summed E-state index contributed by atoms with van der Waals surface area (Å²) in [7, 11) is 2.08. The van der Waals surface area contributed by atoms with Crippen molar-refractivity contribution in [3.05, 3.63) is 33.9 Å². The van der Waals surface area contributed by atoms with Crippen LogP contribution in [-0.2, 0) is 6.54 Å². The first-order valence-electron chi connectivity index (χ1n) is 7.42. The van der Waals surface area contributed by atoms with Crippen molar-refractivity contribution < 1.29 is 4.92 Å². The maximum atomic E-state index is 11.1. The van der Waals surface area contributed by atoms with Crippen LogP contribution >= 0.6 is 0 Å². The zero-order valence-corrected chi connectivity index (χ0v) is 13.8. The number of nitrogens with one attached hydrogen (secondary N) is 1. The van der Waals surface area contributed by atoms with Gasteiger partial charge in [-0.15, -0.1) is 0 Å².